The molecule has 1 rings (SSSR count). The van der Waals surface area contributed by atoms with Gasteiger partial charge in [0.1, 0.15) is 0 Å². The highest BCUT2D eigenvalue weighted by molar-refractivity contribution is 7.19. The predicted octanol–water partition coefficient (Wildman–Crippen LogP) is 3.47. The van der Waals surface area contributed by atoms with Crippen molar-refractivity contribution in [2.45, 2.75) is 32.3 Å². The van der Waals surface area contributed by atoms with Crippen molar-refractivity contribution >= 4 is 9.24 Å². The Morgan fingerprint density at radius 1 is 1.50 bits per heavy atom. The molecular weight excluding hydrogens is 163 g/mol. The Kier molecular flexibility index (Phi) is 2.90. The Bertz CT molecular complexity index is 254. The van der Waals surface area contributed by atoms with Gasteiger partial charge in [0.2, 0.25) is 0 Å². The number of rotatable bonds is 1. The van der Waals surface area contributed by atoms with Crippen molar-refractivity contribution in [3.63, 3.8) is 0 Å². The third-order valence-electron chi connectivity index (χ3n) is 2.17. The van der Waals surface area contributed by atoms with Crippen LogP contribution in [-0.2, 0) is 0 Å². The molecule has 0 aromatic heterocycles. The van der Waals surface area contributed by atoms with Gasteiger partial charge >= 0.3 is 0 Å². The molecule has 0 fully saturated rings. The van der Waals surface area contributed by atoms with E-state index in [1.165, 1.54) is 11.1 Å². The van der Waals surface area contributed by atoms with Gasteiger partial charge < -0.3 is 0 Å². The summed E-state index contributed by atoms with van der Waals surface area (Å²) in [7, 11) is 2.86. The number of allylic oxidation sites excluding steroid dienone is 6. The molecule has 2 unspecified atom stereocenters. The summed E-state index contributed by atoms with van der Waals surface area (Å²) in [5, 5.41) is 0.136. The van der Waals surface area contributed by atoms with E-state index in [0.29, 0.717) is 0 Å². The third-order valence-corrected chi connectivity index (χ3v) is 2.53. The Morgan fingerprint density at radius 2 is 2.17 bits per heavy atom. The fourth-order valence-corrected chi connectivity index (χ4v) is 1.87. The van der Waals surface area contributed by atoms with Crippen LogP contribution in [0.1, 0.15) is 27.2 Å². The summed E-state index contributed by atoms with van der Waals surface area (Å²) in [6.07, 6.45) is 9.99. The van der Waals surface area contributed by atoms with Crippen LogP contribution in [0, 0.1) is 0 Å². The predicted molar refractivity (Wildman–Crippen MR) is 59.4 cm³/mol. The van der Waals surface area contributed by atoms with E-state index >= 15 is 0 Å². The molecule has 0 saturated heterocycles. The summed E-state index contributed by atoms with van der Waals surface area (Å²) >= 11 is 0. The van der Waals surface area contributed by atoms with Crippen molar-refractivity contribution < 1.29 is 0 Å². The molecule has 0 amide bonds. The van der Waals surface area contributed by atoms with Crippen LogP contribution in [-0.4, -0.2) is 5.16 Å². The molecule has 0 N–H and O–H groups in total. The molecule has 0 aromatic carbocycles. The van der Waals surface area contributed by atoms with Crippen molar-refractivity contribution in [2.24, 2.45) is 0 Å². The van der Waals surface area contributed by atoms with E-state index in [1.54, 1.807) is 0 Å². The normalized spacial score (nSPS) is 29.3. The lowest BCUT2D eigenvalue weighted by Crippen LogP contribution is -2.06. The summed E-state index contributed by atoms with van der Waals surface area (Å²) in [4.78, 5) is 0. The molecule has 0 bridgehead atoms. The first-order valence-corrected chi connectivity index (χ1v) is 5.00. The van der Waals surface area contributed by atoms with Gasteiger partial charge in [-0.1, -0.05) is 36.8 Å². The van der Waals surface area contributed by atoms with Gasteiger partial charge in [-0.05, 0) is 25.8 Å². The van der Waals surface area contributed by atoms with Gasteiger partial charge in [-0.3, -0.25) is 0 Å². The van der Waals surface area contributed by atoms with Crippen LogP contribution in [0.15, 0.2) is 35.5 Å². The minimum absolute atomic E-state index is 0.136. The smallest absolute Gasteiger partial charge is 0.0185 e. The lowest BCUT2D eigenvalue weighted by atomic mass is 10.0. The zero-order valence-corrected chi connectivity index (χ0v) is 9.25. The molecule has 0 spiro atoms. The van der Waals surface area contributed by atoms with Gasteiger partial charge in [-0.2, -0.15) is 0 Å². The molecule has 1 heteroatoms. The van der Waals surface area contributed by atoms with Crippen molar-refractivity contribution in [3.05, 3.63) is 35.5 Å². The molecular formula is C11H17P. The zero-order chi connectivity index (χ0) is 9.19. The Labute approximate surface area is 77.6 Å². The van der Waals surface area contributed by atoms with E-state index in [-0.39, 0.29) is 5.16 Å². The Morgan fingerprint density at radius 3 is 2.75 bits per heavy atom. The van der Waals surface area contributed by atoms with E-state index in [9.17, 15) is 0 Å². The molecule has 66 valence electrons. The first kappa shape index (κ1) is 9.74. The minimum Gasteiger partial charge on any atom is -0.123 e. The van der Waals surface area contributed by atoms with Crippen LogP contribution < -0.4 is 0 Å². The van der Waals surface area contributed by atoms with Crippen molar-refractivity contribution in [1.82, 2.24) is 0 Å². The SMILES string of the molecule is CCC1=CC=CC(C)(P)C=C1C. The van der Waals surface area contributed by atoms with Gasteiger partial charge in [0.25, 0.3) is 0 Å². The zero-order valence-electron chi connectivity index (χ0n) is 8.09. The Balaban J connectivity index is 3.00. The summed E-state index contributed by atoms with van der Waals surface area (Å²) in [5.41, 5.74) is 2.84. The van der Waals surface area contributed by atoms with Crippen molar-refractivity contribution in [2.75, 3.05) is 0 Å². The van der Waals surface area contributed by atoms with E-state index < -0.39 is 0 Å². The highest BCUT2D eigenvalue weighted by Gasteiger charge is 2.13. The van der Waals surface area contributed by atoms with Crippen LogP contribution >= 0.6 is 9.24 Å². The molecule has 0 radical (unpaired) electrons. The topological polar surface area (TPSA) is 0 Å². The van der Waals surface area contributed by atoms with Crippen LogP contribution in [0.2, 0.25) is 0 Å². The lowest BCUT2D eigenvalue weighted by Gasteiger charge is -2.14. The second-order valence-corrected chi connectivity index (χ2v) is 4.84. The fourth-order valence-electron chi connectivity index (χ4n) is 1.51. The summed E-state index contributed by atoms with van der Waals surface area (Å²) in [6.45, 7) is 6.58. The first-order valence-electron chi connectivity index (χ1n) is 4.42. The molecule has 12 heavy (non-hydrogen) atoms. The third kappa shape index (κ3) is 2.32. The lowest BCUT2D eigenvalue weighted by molar-refractivity contribution is 0.991. The molecule has 0 nitrogen and oxygen atoms in total. The number of hydrogen-bond acceptors (Lipinski definition) is 0. The maximum absolute atomic E-state index is 2.86. The second kappa shape index (κ2) is 3.58. The van der Waals surface area contributed by atoms with E-state index in [1.807, 2.05) is 0 Å². The van der Waals surface area contributed by atoms with Crippen molar-refractivity contribution in [1.29, 1.82) is 0 Å². The van der Waals surface area contributed by atoms with Gasteiger partial charge in [-0.15, -0.1) is 9.24 Å². The molecule has 1 aliphatic carbocycles. The highest BCUT2D eigenvalue weighted by Crippen LogP contribution is 2.28. The second-order valence-electron chi connectivity index (χ2n) is 3.60. The van der Waals surface area contributed by atoms with E-state index in [2.05, 4.69) is 54.3 Å². The van der Waals surface area contributed by atoms with E-state index in [0.717, 1.165) is 6.42 Å². The van der Waals surface area contributed by atoms with Gasteiger partial charge in [-0.25, -0.2) is 0 Å². The van der Waals surface area contributed by atoms with Crippen molar-refractivity contribution in [3.8, 4) is 0 Å². The average Bonchev–Trinajstić information content (AvgIpc) is 2.07. The monoisotopic (exact) mass is 180 g/mol. The summed E-state index contributed by atoms with van der Waals surface area (Å²) in [5.74, 6) is 0. The average molecular weight is 180 g/mol. The largest absolute Gasteiger partial charge is 0.123 e. The Hall–Kier alpha value is -0.350. The maximum Gasteiger partial charge on any atom is 0.0185 e. The van der Waals surface area contributed by atoms with Gasteiger partial charge in [0.05, 0.1) is 0 Å². The minimum atomic E-state index is 0.136. The van der Waals surface area contributed by atoms with Crippen LogP contribution in [0.25, 0.3) is 0 Å². The molecule has 0 aromatic rings. The van der Waals surface area contributed by atoms with E-state index in [4.69, 9.17) is 0 Å². The maximum atomic E-state index is 2.86. The summed E-state index contributed by atoms with van der Waals surface area (Å²) in [6, 6.07) is 0. The van der Waals surface area contributed by atoms with Crippen LogP contribution in [0.3, 0.4) is 0 Å². The molecule has 2 atom stereocenters. The highest BCUT2D eigenvalue weighted by atomic mass is 31.0. The molecule has 0 saturated carbocycles. The summed E-state index contributed by atoms with van der Waals surface area (Å²) < 4.78 is 0. The molecule has 1 aliphatic rings. The van der Waals surface area contributed by atoms with Gasteiger partial charge in [0.15, 0.2) is 0 Å². The molecule has 0 aliphatic heterocycles. The standard InChI is InChI=1S/C11H17P/c1-4-10-6-5-7-11(3,12)8-9(10)2/h5-8H,4,12H2,1-3H3. The van der Waals surface area contributed by atoms with Gasteiger partial charge in [0, 0.05) is 5.16 Å². The first-order chi connectivity index (χ1) is 5.55. The van der Waals surface area contributed by atoms with Crippen LogP contribution in [0.5, 0.6) is 0 Å². The fraction of sp³-hybridized carbons (Fsp3) is 0.455. The quantitative estimate of drug-likeness (QED) is 0.542. The van der Waals surface area contributed by atoms with Crippen LogP contribution in [0.4, 0.5) is 0 Å². The molecule has 0 heterocycles. The number of hydrogen-bond donors (Lipinski definition) is 0.